The van der Waals surface area contributed by atoms with Gasteiger partial charge in [0.15, 0.2) is 5.82 Å². The van der Waals surface area contributed by atoms with E-state index in [9.17, 15) is 9.59 Å². The van der Waals surface area contributed by atoms with E-state index < -0.39 is 6.09 Å². The molecule has 166 valence electrons. The number of nitrogens with zero attached hydrogens (tertiary/aromatic N) is 4. The first-order valence-corrected chi connectivity index (χ1v) is 11.4. The monoisotopic (exact) mass is 445 g/mol. The van der Waals surface area contributed by atoms with Gasteiger partial charge in [0.2, 0.25) is 10.9 Å². The lowest BCUT2D eigenvalue weighted by molar-refractivity contribution is -0.115. The summed E-state index contributed by atoms with van der Waals surface area (Å²) in [7, 11) is 0. The summed E-state index contributed by atoms with van der Waals surface area (Å²) in [6.45, 7) is 3.92. The summed E-state index contributed by atoms with van der Waals surface area (Å²) in [6.07, 6.45) is 5.71. The van der Waals surface area contributed by atoms with Gasteiger partial charge in [-0.15, -0.1) is 0 Å². The van der Waals surface area contributed by atoms with Crippen molar-refractivity contribution in [3.63, 3.8) is 0 Å². The maximum absolute atomic E-state index is 12.4. The molecule has 0 spiro atoms. The highest BCUT2D eigenvalue weighted by molar-refractivity contribution is 7.16. The normalized spacial score (nSPS) is 19.5. The van der Waals surface area contributed by atoms with E-state index in [4.69, 9.17) is 5.11 Å². The Kier molecular flexibility index (Phi) is 6.21. The minimum atomic E-state index is -0.961. The molecule has 3 unspecified atom stereocenters. The van der Waals surface area contributed by atoms with Gasteiger partial charge in [-0.25, -0.2) is 14.3 Å². The van der Waals surface area contributed by atoms with E-state index in [1.807, 2.05) is 19.9 Å². The Morgan fingerprint density at radius 2 is 2.26 bits per heavy atom. The molecule has 3 aromatic heterocycles. The molecule has 0 aromatic carbocycles. The number of aromatic amines is 1. The highest BCUT2D eigenvalue weighted by atomic mass is 32.1. The predicted octanol–water partition coefficient (Wildman–Crippen LogP) is 3.32. The topological polar surface area (TPSA) is 137 Å². The van der Waals surface area contributed by atoms with Crippen molar-refractivity contribution in [3.8, 4) is 0 Å². The molecule has 0 saturated heterocycles. The van der Waals surface area contributed by atoms with Crippen LogP contribution >= 0.6 is 11.3 Å². The van der Waals surface area contributed by atoms with Crippen LogP contribution in [-0.2, 0) is 11.2 Å². The number of carboxylic acid groups (broad SMARTS) is 1. The number of nitrogens with one attached hydrogen (secondary N) is 3. The van der Waals surface area contributed by atoms with Gasteiger partial charge in [-0.05, 0) is 44.9 Å². The molecule has 3 heterocycles. The van der Waals surface area contributed by atoms with Gasteiger partial charge in [-0.3, -0.25) is 9.89 Å². The lowest BCUT2D eigenvalue weighted by Gasteiger charge is -2.19. The van der Waals surface area contributed by atoms with Crippen LogP contribution in [0.2, 0.25) is 0 Å². The summed E-state index contributed by atoms with van der Waals surface area (Å²) in [5.74, 6) is 1.17. The molecule has 3 aromatic rings. The average Bonchev–Trinajstić information content (AvgIpc) is 3.45. The summed E-state index contributed by atoms with van der Waals surface area (Å²) in [5.41, 5.74) is 1.69. The second kappa shape index (κ2) is 9.04. The van der Waals surface area contributed by atoms with Crippen LogP contribution in [-0.4, -0.2) is 47.9 Å². The van der Waals surface area contributed by atoms with Gasteiger partial charge in [0, 0.05) is 23.7 Å². The van der Waals surface area contributed by atoms with Crippen molar-refractivity contribution in [2.24, 2.45) is 5.92 Å². The Labute approximate surface area is 183 Å². The molecule has 1 aliphatic carbocycles. The summed E-state index contributed by atoms with van der Waals surface area (Å²) < 4.78 is 1.70. The minimum Gasteiger partial charge on any atom is -0.465 e. The molecule has 1 aliphatic rings. The lowest BCUT2D eigenvalue weighted by Crippen LogP contribution is -2.34. The molecular formula is C20H27N7O3S. The molecule has 0 aliphatic heterocycles. The van der Waals surface area contributed by atoms with Crippen LogP contribution in [0.5, 0.6) is 0 Å². The van der Waals surface area contributed by atoms with Crippen molar-refractivity contribution in [2.75, 3.05) is 5.32 Å². The highest BCUT2D eigenvalue weighted by Gasteiger charge is 2.29. The minimum absolute atomic E-state index is 0.00444. The predicted molar refractivity (Wildman–Crippen MR) is 116 cm³/mol. The number of H-pyrrole nitrogens is 1. The van der Waals surface area contributed by atoms with Gasteiger partial charge in [0.25, 0.3) is 0 Å². The molecule has 1 fully saturated rings. The fraction of sp³-hybridized carbons (Fsp3) is 0.550. The molecule has 11 heteroatoms. The molecule has 10 nitrogen and oxygen atoms in total. The first-order chi connectivity index (χ1) is 14.9. The zero-order valence-electron chi connectivity index (χ0n) is 17.6. The summed E-state index contributed by atoms with van der Waals surface area (Å²) in [5, 5.41) is 26.9. The lowest BCUT2D eigenvalue weighted by atomic mass is 9.95. The van der Waals surface area contributed by atoms with Crippen LogP contribution in [0.1, 0.15) is 61.3 Å². The van der Waals surface area contributed by atoms with E-state index in [-0.39, 0.29) is 18.4 Å². The molecule has 31 heavy (non-hydrogen) atoms. The fourth-order valence-corrected chi connectivity index (χ4v) is 5.11. The molecule has 3 atom stereocenters. The summed E-state index contributed by atoms with van der Waals surface area (Å²) in [6, 6.07) is 1.89. The number of amides is 2. The SMILES string of the molecule is CCC(CC1CCC(c2cc(NC(=O)Cc3cn4nc(C)sc4n3)n[nH]2)C1)NC(=O)O. The van der Waals surface area contributed by atoms with Crippen LogP contribution in [0.25, 0.3) is 4.96 Å². The maximum atomic E-state index is 12.4. The number of rotatable bonds is 8. The number of carbonyl (C=O) groups excluding carboxylic acids is 1. The molecule has 2 amide bonds. The van der Waals surface area contributed by atoms with Crippen molar-refractivity contribution in [1.82, 2.24) is 30.1 Å². The van der Waals surface area contributed by atoms with Crippen molar-refractivity contribution in [2.45, 2.75) is 64.3 Å². The summed E-state index contributed by atoms with van der Waals surface area (Å²) >= 11 is 1.49. The second-order valence-corrected chi connectivity index (χ2v) is 9.34. The van der Waals surface area contributed by atoms with Crippen molar-refractivity contribution >= 4 is 34.1 Å². The number of carbonyl (C=O) groups is 2. The molecule has 4 rings (SSSR count). The largest absolute Gasteiger partial charge is 0.465 e. The quantitative estimate of drug-likeness (QED) is 0.420. The van der Waals surface area contributed by atoms with Crippen molar-refractivity contribution < 1.29 is 14.7 Å². The fourth-order valence-electron chi connectivity index (χ4n) is 4.37. The molecular weight excluding hydrogens is 418 g/mol. The van der Waals surface area contributed by atoms with Gasteiger partial charge >= 0.3 is 6.09 Å². The molecule has 4 N–H and O–H groups in total. The molecule has 1 saturated carbocycles. The van der Waals surface area contributed by atoms with Crippen LogP contribution in [0.3, 0.4) is 0 Å². The van der Waals surface area contributed by atoms with E-state index in [2.05, 4.69) is 30.9 Å². The van der Waals surface area contributed by atoms with Crippen LogP contribution in [0.15, 0.2) is 12.3 Å². The third kappa shape index (κ3) is 5.22. The van der Waals surface area contributed by atoms with Crippen LogP contribution < -0.4 is 10.6 Å². The Balaban J connectivity index is 1.29. The zero-order chi connectivity index (χ0) is 22.0. The number of aryl methyl sites for hydroxylation is 1. The molecule has 0 bridgehead atoms. The third-order valence-corrected chi connectivity index (χ3v) is 6.66. The second-order valence-electron chi connectivity index (χ2n) is 8.18. The average molecular weight is 446 g/mol. The number of aromatic nitrogens is 5. The van der Waals surface area contributed by atoms with E-state index in [0.29, 0.717) is 23.3 Å². The van der Waals surface area contributed by atoms with Gasteiger partial charge in [-0.2, -0.15) is 10.2 Å². The Hall–Kier alpha value is -2.95. The first kappa shape index (κ1) is 21.3. The van der Waals surface area contributed by atoms with E-state index in [0.717, 1.165) is 47.8 Å². The van der Waals surface area contributed by atoms with Gasteiger partial charge in [-0.1, -0.05) is 18.3 Å². The maximum Gasteiger partial charge on any atom is 0.404 e. The van der Waals surface area contributed by atoms with Crippen LogP contribution in [0, 0.1) is 12.8 Å². The van der Waals surface area contributed by atoms with Crippen molar-refractivity contribution in [3.05, 3.63) is 28.7 Å². The van der Waals surface area contributed by atoms with Crippen LogP contribution in [0.4, 0.5) is 10.6 Å². The van der Waals surface area contributed by atoms with Gasteiger partial charge in [0.1, 0.15) is 5.01 Å². The molecule has 0 radical (unpaired) electrons. The first-order valence-electron chi connectivity index (χ1n) is 10.6. The standard InChI is InChI=1S/C20H27N7O3S/c1-3-14(22-20(29)30)7-12-4-5-13(6-12)16-9-17(25-24-16)23-18(28)8-15-10-27-19(21-15)31-11(2)26-27/h9-10,12-14,22H,3-8H2,1-2H3,(H,29,30)(H2,23,24,25,28). The van der Waals surface area contributed by atoms with E-state index in [1.165, 1.54) is 11.3 Å². The smallest absolute Gasteiger partial charge is 0.404 e. The Bertz CT molecular complexity index is 1040. The summed E-state index contributed by atoms with van der Waals surface area (Å²) in [4.78, 5) is 28.5. The van der Waals surface area contributed by atoms with E-state index >= 15 is 0 Å². The third-order valence-electron chi connectivity index (χ3n) is 5.82. The number of hydrogen-bond donors (Lipinski definition) is 4. The Morgan fingerprint density at radius 1 is 1.42 bits per heavy atom. The number of fused-ring (bicyclic) bond motifs is 1. The van der Waals surface area contributed by atoms with E-state index in [1.54, 1.807) is 10.7 Å². The number of hydrogen-bond acceptors (Lipinski definition) is 6. The number of imidazole rings is 1. The highest BCUT2D eigenvalue weighted by Crippen LogP contribution is 2.40. The van der Waals surface area contributed by atoms with Crippen molar-refractivity contribution in [1.29, 1.82) is 0 Å². The zero-order valence-corrected chi connectivity index (χ0v) is 18.4. The van der Waals surface area contributed by atoms with Gasteiger partial charge in [0.05, 0.1) is 18.3 Å². The van der Waals surface area contributed by atoms with Gasteiger partial charge < -0.3 is 15.7 Å². The number of anilines is 1. The Morgan fingerprint density at radius 3 is 3.00 bits per heavy atom.